The van der Waals surface area contributed by atoms with E-state index in [0.717, 1.165) is 5.56 Å². The topological polar surface area (TPSA) is 83.6 Å². The molecule has 1 aliphatic heterocycles. The van der Waals surface area contributed by atoms with Gasteiger partial charge in [0.25, 0.3) is 0 Å². The number of amides is 1. The van der Waals surface area contributed by atoms with Crippen molar-refractivity contribution in [3.8, 4) is 0 Å². The molecule has 0 fully saturated rings. The van der Waals surface area contributed by atoms with Gasteiger partial charge in [0, 0.05) is 11.6 Å². The van der Waals surface area contributed by atoms with Gasteiger partial charge in [0.15, 0.2) is 0 Å². The average molecular weight is 449 g/mol. The van der Waals surface area contributed by atoms with Gasteiger partial charge in [-0.1, -0.05) is 55.8 Å². The molecule has 1 aliphatic rings. The molecule has 1 amide bonds. The van der Waals surface area contributed by atoms with Crippen molar-refractivity contribution in [1.29, 1.82) is 0 Å². The molecular weight excluding hydrogens is 424 g/mol. The Balaban J connectivity index is 1.89. The van der Waals surface area contributed by atoms with Crippen LogP contribution in [0.25, 0.3) is 0 Å². The molecule has 30 heavy (non-hydrogen) atoms. The number of hydrogen-bond donors (Lipinski definition) is 1. The third-order valence-corrected chi connectivity index (χ3v) is 7.22. The van der Waals surface area contributed by atoms with Gasteiger partial charge in [-0.15, -0.1) is 0 Å². The summed E-state index contributed by atoms with van der Waals surface area (Å²) in [4.78, 5) is 24.9. The first kappa shape index (κ1) is 22.5. The van der Waals surface area contributed by atoms with Gasteiger partial charge < -0.3 is 10.1 Å². The highest BCUT2D eigenvalue weighted by atomic mass is 35.5. The summed E-state index contributed by atoms with van der Waals surface area (Å²) >= 11 is 6.06. The predicted octanol–water partition coefficient (Wildman–Crippen LogP) is 2.84. The van der Waals surface area contributed by atoms with E-state index >= 15 is 0 Å². The second-order valence-corrected chi connectivity index (χ2v) is 10.2. The van der Waals surface area contributed by atoms with E-state index in [0.29, 0.717) is 23.3 Å². The molecule has 0 bridgehead atoms. The Morgan fingerprint density at radius 2 is 1.93 bits per heavy atom. The SMILES string of the molecule is CC(C)CN1[C@H](C(=O)N[C@H](C=O)Cc2ccccc2)Cc2cc(Cl)ccc2S1(=O)=O. The Kier molecular flexibility index (Phi) is 6.95. The van der Waals surface area contributed by atoms with Crippen molar-refractivity contribution in [2.24, 2.45) is 5.92 Å². The number of fused-ring (bicyclic) bond motifs is 1. The molecule has 0 unspecified atom stereocenters. The normalized spacial score (nSPS) is 19.1. The van der Waals surface area contributed by atoms with Crippen LogP contribution < -0.4 is 5.32 Å². The number of halogens is 1. The Labute approximate surface area is 182 Å². The molecule has 2 atom stereocenters. The molecule has 1 heterocycles. The van der Waals surface area contributed by atoms with Gasteiger partial charge in [0.1, 0.15) is 12.3 Å². The van der Waals surface area contributed by atoms with Crippen molar-refractivity contribution in [3.63, 3.8) is 0 Å². The largest absolute Gasteiger partial charge is 0.345 e. The maximum absolute atomic E-state index is 13.2. The first-order valence-corrected chi connectivity index (χ1v) is 11.6. The number of carbonyl (C=O) groups excluding carboxylic acids is 2. The summed E-state index contributed by atoms with van der Waals surface area (Å²) in [5.74, 6) is -0.465. The van der Waals surface area contributed by atoms with Crippen molar-refractivity contribution in [2.45, 2.75) is 43.7 Å². The van der Waals surface area contributed by atoms with E-state index in [2.05, 4.69) is 5.32 Å². The number of nitrogens with one attached hydrogen (secondary N) is 1. The van der Waals surface area contributed by atoms with Gasteiger partial charge >= 0.3 is 0 Å². The zero-order valence-electron chi connectivity index (χ0n) is 16.9. The summed E-state index contributed by atoms with van der Waals surface area (Å²) in [5, 5.41) is 3.14. The zero-order chi connectivity index (χ0) is 21.9. The monoisotopic (exact) mass is 448 g/mol. The molecule has 0 aliphatic carbocycles. The van der Waals surface area contributed by atoms with Crippen LogP contribution in [0.3, 0.4) is 0 Å². The van der Waals surface area contributed by atoms with Crippen molar-refractivity contribution in [2.75, 3.05) is 6.54 Å². The van der Waals surface area contributed by atoms with Crippen LogP contribution in [0.2, 0.25) is 5.02 Å². The smallest absolute Gasteiger partial charge is 0.244 e. The van der Waals surface area contributed by atoms with Crippen LogP contribution in [0.5, 0.6) is 0 Å². The summed E-state index contributed by atoms with van der Waals surface area (Å²) in [5.41, 5.74) is 1.41. The van der Waals surface area contributed by atoms with Crippen molar-refractivity contribution in [1.82, 2.24) is 9.62 Å². The standard InChI is InChI=1S/C22H25ClN2O4S/c1-15(2)13-25-20(12-17-11-18(23)8-9-21(17)30(25,28)29)22(27)24-19(14-26)10-16-6-4-3-5-7-16/h3-9,11,14-15,19-20H,10,12-13H2,1-2H3,(H,24,27)/t19-,20-/m0/s1. The number of nitrogens with zero attached hydrogens (tertiary/aromatic N) is 1. The van der Waals surface area contributed by atoms with E-state index in [4.69, 9.17) is 11.6 Å². The van der Waals surface area contributed by atoms with E-state index in [1.165, 1.54) is 16.4 Å². The third-order valence-electron chi connectivity index (χ3n) is 5.01. The zero-order valence-corrected chi connectivity index (χ0v) is 18.5. The maximum Gasteiger partial charge on any atom is 0.244 e. The second-order valence-electron chi connectivity index (χ2n) is 7.88. The fourth-order valence-corrected chi connectivity index (χ4v) is 5.81. The highest BCUT2D eigenvalue weighted by Crippen LogP contribution is 2.32. The molecule has 0 aromatic heterocycles. The highest BCUT2D eigenvalue weighted by molar-refractivity contribution is 7.89. The lowest BCUT2D eigenvalue weighted by atomic mass is 10.0. The van der Waals surface area contributed by atoms with Crippen molar-refractivity contribution < 1.29 is 18.0 Å². The maximum atomic E-state index is 13.2. The number of hydrogen-bond acceptors (Lipinski definition) is 4. The number of benzene rings is 2. The predicted molar refractivity (Wildman–Crippen MR) is 116 cm³/mol. The molecule has 3 rings (SSSR count). The van der Waals surface area contributed by atoms with E-state index in [1.807, 2.05) is 44.2 Å². The van der Waals surface area contributed by atoms with E-state index in [9.17, 15) is 18.0 Å². The van der Waals surface area contributed by atoms with Gasteiger partial charge in [0.2, 0.25) is 15.9 Å². The number of rotatable bonds is 7. The third kappa shape index (κ3) is 4.91. The quantitative estimate of drug-likeness (QED) is 0.660. The first-order chi connectivity index (χ1) is 14.2. The number of sulfonamides is 1. The molecule has 1 N–H and O–H groups in total. The van der Waals surface area contributed by atoms with E-state index in [1.54, 1.807) is 6.07 Å². The Morgan fingerprint density at radius 1 is 1.23 bits per heavy atom. The molecule has 8 heteroatoms. The van der Waals surface area contributed by atoms with Crippen LogP contribution in [0.4, 0.5) is 0 Å². The van der Waals surface area contributed by atoms with Crippen LogP contribution >= 0.6 is 11.6 Å². The Morgan fingerprint density at radius 3 is 2.57 bits per heavy atom. The summed E-state index contributed by atoms with van der Waals surface area (Å²) in [7, 11) is -3.86. The van der Waals surface area contributed by atoms with Crippen LogP contribution in [0, 0.1) is 5.92 Å². The molecule has 2 aromatic carbocycles. The summed E-state index contributed by atoms with van der Waals surface area (Å²) in [6, 6.07) is 12.3. The van der Waals surface area contributed by atoms with Crippen LogP contribution in [-0.4, -0.2) is 43.5 Å². The van der Waals surface area contributed by atoms with Gasteiger partial charge in [-0.25, -0.2) is 8.42 Å². The molecule has 0 spiro atoms. The van der Waals surface area contributed by atoms with Crippen molar-refractivity contribution >= 4 is 33.8 Å². The fraction of sp³-hybridized carbons (Fsp3) is 0.364. The van der Waals surface area contributed by atoms with Crippen molar-refractivity contribution in [3.05, 3.63) is 64.7 Å². The number of aldehydes is 1. The lowest BCUT2D eigenvalue weighted by Crippen LogP contribution is -2.56. The Bertz CT molecular complexity index is 1020. The minimum absolute atomic E-state index is 0.0233. The lowest BCUT2D eigenvalue weighted by molar-refractivity contribution is -0.127. The Hall–Kier alpha value is -2.22. The minimum Gasteiger partial charge on any atom is -0.345 e. The fourth-order valence-electron chi connectivity index (χ4n) is 3.65. The molecule has 160 valence electrons. The summed E-state index contributed by atoms with van der Waals surface area (Å²) in [6.45, 7) is 3.99. The minimum atomic E-state index is -3.86. The summed E-state index contributed by atoms with van der Waals surface area (Å²) < 4.78 is 27.7. The average Bonchev–Trinajstić information content (AvgIpc) is 2.69. The van der Waals surface area contributed by atoms with Gasteiger partial charge in [0.05, 0.1) is 10.9 Å². The van der Waals surface area contributed by atoms with Gasteiger partial charge in [-0.2, -0.15) is 4.31 Å². The number of carbonyl (C=O) groups is 2. The molecule has 0 saturated heterocycles. The molecule has 0 radical (unpaired) electrons. The molecular formula is C22H25ClN2O4S. The molecule has 2 aromatic rings. The van der Waals surface area contributed by atoms with Crippen LogP contribution in [-0.2, 0) is 32.5 Å². The van der Waals surface area contributed by atoms with Gasteiger partial charge in [-0.05, 0) is 48.1 Å². The second kappa shape index (κ2) is 9.29. The van der Waals surface area contributed by atoms with E-state index in [-0.39, 0.29) is 23.8 Å². The summed E-state index contributed by atoms with van der Waals surface area (Å²) in [6.07, 6.45) is 1.21. The van der Waals surface area contributed by atoms with Crippen LogP contribution in [0.1, 0.15) is 25.0 Å². The van der Waals surface area contributed by atoms with Gasteiger partial charge in [-0.3, -0.25) is 4.79 Å². The highest BCUT2D eigenvalue weighted by Gasteiger charge is 2.42. The first-order valence-electron chi connectivity index (χ1n) is 9.82. The molecule has 6 nitrogen and oxygen atoms in total. The lowest BCUT2D eigenvalue weighted by Gasteiger charge is -2.36. The molecule has 0 saturated carbocycles. The van der Waals surface area contributed by atoms with Crippen LogP contribution in [0.15, 0.2) is 53.4 Å². The van der Waals surface area contributed by atoms with E-state index < -0.39 is 28.0 Å².